The molecule has 3 heterocycles. The van der Waals surface area contributed by atoms with Gasteiger partial charge >= 0.3 is 0 Å². The van der Waals surface area contributed by atoms with E-state index in [-0.39, 0.29) is 18.4 Å². The third-order valence-electron chi connectivity index (χ3n) is 5.82. The predicted octanol–water partition coefficient (Wildman–Crippen LogP) is 4.08. The van der Waals surface area contributed by atoms with Crippen LogP contribution >= 0.6 is 11.6 Å². The predicted molar refractivity (Wildman–Crippen MR) is 117 cm³/mol. The molecule has 2 N–H and O–H groups in total. The van der Waals surface area contributed by atoms with Gasteiger partial charge < -0.3 is 15.0 Å². The molecule has 2 aromatic carbocycles. The molecule has 0 unspecified atom stereocenters. The number of fused-ring (bicyclic) bond motifs is 1. The Bertz CT molecular complexity index is 1130. The molecule has 31 heavy (non-hydrogen) atoms. The van der Waals surface area contributed by atoms with Crippen LogP contribution in [0.5, 0.6) is 5.75 Å². The second-order valence-electron chi connectivity index (χ2n) is 7.83. The molecular weight excluding hydrogens is 416 g/mol. The summed E-state index contributed by atoms with van der Waals surface area (Å²) in [6.07, 6.45) is 1.72. The van der Waals surface area contributed by atoms with Gasteiger partial charge in [0.2, 0.25) is 0 Å². The lowest BCUT2D eigenvalue weighted by atomic mass is 9.92. The molecule has 0 atom stereocenters. The average Bonchev–Trinajstić information content (AvgIpc) is 3.29. The van der Waals surface area contributed by atoms with Crippen LogP contribution in [0.25, 0.3) is 11.3 Å². The molecule has 0 radical (unpaired) electrons. The molecule has 1 aromatic heterocycles. The van der Waals surface area contributed by atoms with Gasteiger partial charge in [0.05, 0.1) is 11.4 Å². The number of aromatic nitrogens is 2. The van der Waals surface area contributed by atoms with Gasteiger partial charge in [-0.1, -0.05) is 23.7 Å². The number of carbonyl (C=O) groups excluding carboxylic acids is 2. The van der Waals surface area contributed by atoms with Crippen LogP contribution in [0.4, 0.5) is 5.69 Å². The van der Waals surface area contributed by atoms with Crippen molar-refractivity contribution >= 4 is 29.1 Å². The number of rotatable bonds is 3. The highest BCUT2D eigenvalue weighted by Gasteiger charge is 2.27. The van der Waals surface area contributed by atoms with Crippen molar-refractivity contribution in [1.82, 2.24) is 15.1 Å². The van der Waals surface area contributed by atoms with Crippen molar-refractivity contribution in [3.8, 4) is 17.0 Å². The zero-order valence-corrected chi connectivity index (χ0v) is 17.5. The molecule has 2 aliphatic rings. The monoisotopic (exact) mass is 436 g/mol. The number of likely N-dealkylation sites (tertiary alicyclic amines) is 1. The molecule has 2 aliphatic heterocycles. The van der Waals surface area contributed by atoms with E-state index in [2.05, 4.69) is 21.6 Å². The molecule has 1 saturated heterocycles. The number of hydrogen-bond acceptors (Lipinski definition) is 4. The Morgan fingerprint density at radius 2 is 1.87 bits per heavy atom. The fraction of sp³-hybridized carbons (Fsp3) is 0.261. The molecule has 158 valence electrons. The Morgan fingerprint density at radius 1 is 1.10 bits per heavy atom. The highest BCUT2D eigenvalue weighted by Crippen LogP contribution is 2.32. The molecule has 0 saturated carbocycles. The molecule has 3 aromatic rings. The minimum absolute atomic E-state index is 0.00113. The standard InChI is InChI=1S/C23H21ClN4O3/c24-17-4-1-14(2-5-17)18-12-19(27-26-18)15-7-9-28(10-8-15)23(30)16-3-6-21-20(11-16)25-22(29)13-31-21/h1-6,11-12,15H,7-10,13H2,(H,25,29)(H,26,27). The minimum atomic E-state index is -0.213. The molecule has 2 amide bonds. The number of piperidine rings is 1. The number of halogens is 1. The number of carbonyl (C=O) groups is 2. The number of anilines is 1. The summed E-state index contributed by atoms with van der Waals surface area (Å²) in [6, 6.07) is 14.9. The summed E-state index contributed by atoms with van der Waals surface area (Å²) in [4.78, 5) is 26.4. The summed E-state index contributed by atoms with van der Waals surface area (Å²) in [7, 11) is 0. The second kappa shape index (κ2) is 8.07. The van der Waals surface area contributed by atoms with Gasteiger partial charge in [-0.2, -0.15) is 5.10 Å². The van der Waals surface area contributed by atoms with Crippen molar-refractivity contribution < 1.29 is 14.3 Å². The number of nitrogens with zero attached hydrogens (tertiary/aromatic N) is 2. The Kier molecular flexibility index (Phi) is 5.11. The first kappa shape index (κ1) is 19.6. The summed E-state index contributed by atoms with van der Waals surface area (Å²) < 4.78 is 5.37. The maximum absolute atomic E-state index is 13.0. The van der Waals surface area contributed by atoms with E-state index < -0.39 is 0 Å². The third kappa shape index (κ3) is 4.01. The van der Waals surface area contributed by atoms with Crippen molar-refractivity contribution in [3.05, 3.63) is 64.8 Å². The zero-order chi connectivity index (χ0) is 21.4. The van der Waals surface area contributed by atoms with Crippen LogP contribution in [0.15, 0.2) is 48.5 Å². The van der Waals surface area contributed by atoms with Gasteiger partial charge in [0, 0.05) is 40.9 Å². The fourth-order valence-corrected chi connectivity index (χ4v) is 4.23. The summed E-state index contributed by atoms with van der Waals surface area (Å²) in [5.41, 5.74) is 4.09. The second-order valence-corrected chi connectivity index (χ2v) is 8.27. The SMILES string of the molecule is O=C1COc2ccc(C(=O)N3CCC(c4cc(-c5ccc(Cl)cc5)n[nH]4)CC3)cc2N1. The van der Waals surface area contributed by atoms with Gasteiger partial charge in [-0.15, -0.1) is 0 Å². The molecule has 7 nitrogen and oxygen atoms in total. The number of benzene rings is 2. The van der Waals surface area contributed by atoms with Crippen molar-refractivity contribution in [2.75, 3.05) is 25.0 Å². The lowest BCUT2D eigenvalue weighted by Crippen LogP contribution is -2.38. The number of H-pyrrole nitrogens is 1. The van der Waals surface area contributed by atoms with Gasteiger partial charge in [-0.25, -0.2) is 0 Å². The van der Waals surface area contributed by atoms with E-state index in [1.807, 2.05) is 29.2 Å². The Morgan fingerprint density at radius 3 is 2.65 bits per heavy atom. The maximum atomic E-state index is 13.0. The Labute approximate surface area is 184 Å². The van der Waals surface area contributed by atoms with E-state index in [0.717, 1.165) is 29.8 Å². The van der Waals surface area contributed by atoms with Crippen LogP contribution in [0.2, 0.25) is 5.02 Å². The lowest BCUT2D eigenvalue weighted by Gasteiger charge is -2.31. The summed E-state index contributed by atoms with van der Waals surface area (Å²) in [5, 5.41) is 11.1. The van der Waals surface area contributed by atoms with Crippen molar-refractivity contribution in [3.63, 3.8) is 0 Å². The molecule has 0 bridgehead atoms. The van der Waals surface area contributed by atoms with Gasteiger partial charge in [0.1, 0.15) is 5.75 Å². The first-order chi connectivity index (χ1) is 15.1. The third-order valence-corrected chi connectivity index (χ3v) is 6.07. The molecule has 1 fully saturated rings. The average molecular weight is 437 g/mol. The number of hydrogen-bond donors (Lipinski definition) is 2. The molecule has 8 heteroatoms. The van der Waals surface area contributed by atoms with E-state index in [4.69, 9.17) is 16.3 Å². The summed E-state index contributed by atoms with van der Waals surface area (Å²) in [5.74, 6) is 0.669. The van der Waals surface area contributed by atoms with Gasteiger partial charge in [-0.3, -0.25) is 14.7 Å². The van der Waals surface area contributed by atoms with Crippen molar-refractivity contribution in [1.29, 1.82) is 0 Å². The van der Waals surface area contributed by atoms with Gasteiger partial charge in [-0.05, 0) is 49.2 Å². The minimum Gasteiger partial charge on any atom is -0.482 e. The van der Waals surface area contributed by atoms with Crippen molar-refractivity contribution in [2.45, 2.75) is 18.8 Å². The van der Waals surface area contributed by atoms with Crippen LogP contribution in [-0.4, -0.2) is 46.6 Å². The van der Waals surface area contributed by atoms with Gasteiger partial charge in [0.15, 0.2) is 6.61 Å². The van der Waals surface area contributed by atoms with E-state index in [1.165, 1.54) is 0 Å². The van der Waals surface area contributed by atoms with E-state index in [1.54, 1.807) is 18.2 Å². The van der Waals surface area contributed by atoms with Crippen LogP contribution in [0.3, 0.4) is 0 Å². The normalized spacial score (nSPS) is 16.4. The van der Waals surface area contributed by atoms with Crippen LogP contribution in [-0.2, 0) is 4.79 Å². The van der Waals surface area contributed by atoms with E-state index >= 15 is 0 Å². The molecule has 0 spiro atoms. The maximum Gasteiger partial charge on any atom is 0.262 e. The first-order valence-electron chi connectivity index (χ1n) is 10.2. The molecule has 5 rings (SSSR count). The van der Waals surface area contributed by atoms with E-state index in [0.29, 0.717) is 41.0 Å². The Hall–Kier alpha value is -3.32. The van der Waals surface area contributed by atoms with Crippen LogP contribution in [0, 0.1) is 0 Å². The zero-order valence-electron chi connectivity index (χ0n) is 16.7. The molecule has 0 aliphatic carbocycles. The number of ether oxygens (including phenoxy) is 1. The van der Waals surface area contributed by atoms with Crippen LogP contribution in [0.1, 0.15) is 34.8 Å². The highest BCUT2D eigenvalue weighted by molar-refractivity contribution is 6.30. The van der Waals surface area contributed by atoms with E-state index in [9.17, 15) is 9.59 Å². The first-order valence-corrected chi connectivity index (χ1v) is 10.6. The smallest absolute Gasteiger partial charge is 0.262 e. The lowest BCUT2D eigenvalue weighted by molar-refractivity contribution is -0.118. The molecular formula is C23H21ClN4O3. The van der Waals surface area contributed by atoms with Crippen molar-refractivity contribution in [2.24, 2.45) is 0 Å². The summed E-state index contributed by atoms with van der Waals surface area (Å²) in [6.45, 7) is 1.33. The Balaban J connectivity index is 1.24. The van der Waals surface area contributed by atoms with Gasteiger partial charge in [0.25, 0.3) is 11.8 Å². The largest absolute Gasteiger partial charge is 0.482 e. The van der Waals surface area contributed by atoms with Crippen LogP contribution < -0.4 is 10.1 Å². The number of nitrogens with one attached hydrogen (secondary N) is 2. The quantitative estimate of drug-likeness (QED) is 0.647. The highest BCUT2D eigenvalue weighted by atomic mass is 35.5. The number of amides is 2. The topological polar surface area (TPSA) is 87.3 Å². The summed E-state index contributed by atoms with van der Waals surface area (Å²) >= 11 is 5.97. The fourth-order valence-electron chi connectivity index (χ4n) is 4.11. The number of aromatic amines is 1.